The lowest BCUT2D eigenvalue weighted by molar-refractivity contribution is -0.128. The van der Waals surface area contributed by atoms with Crippen LogP contribution in [0.3, 0.4) is 0 Å². The maximum absolute atomic E-state index is 12.4. The molecule has 1 amide bonds. The van der Waals surface area contributed by atoms with E-state index in [1.165, 1.54) is 31.4 Å². The van der Waals surface area contributed by atoms with Gasteiger partial charge in [0.2, 0.25) is 5.91 Å². The molecule has 7 heteroatoms. The Morgan fingerprint density at radius 2 is 1.81 bits per heavy atom. The van der Waals surface area contributed by atoms with Gasteiger partial charge in [-0.15, -0.1) is 24.0 Å². The molecule has 0 radical (unpaired) electrons. The van der Waals surface area contributed by atoms with Crippen molar-refractivity contribution in [3.63, 3.8) is 0 Å². The summed E-state index contributed by atoms with van der Waals surface area (Å²) in [5.74, 6) is 1.70. The first kappa shape index (κ1) is 26.9. The van der Waals surface area contributed by atoms with Gasteiger partial charge >= 0.3 is 0 Å². The van der Waals surface area contributed by atoms with Crippen LogP contribution < -0.4 is 10.6 Å². The largest absolute Gasteiger partial charge is 0.357 e. The van der Waals surface area contributed by atoms with E-state index in [1.807, 2.05) is 20.8 Å². The van der Waals surface area contributed by atoms with Crippen LogP contribution in [0.15, 0.2) is 35.3 Å². The second-order valence-corrected chi connectivity index (χ2v) is 9.57. The predicted octanol–water partition coefficient (Wildman–Crippen LogP) is 3.72. The number of halogens is 1. The van der Waals surface area contributed by atoms with Gasteiger partial charge in [-0.1, -0.05) is 30.3 Å². The second-order valence-electron chi connectivity index (χ2n) is 9.57. The van der Waals surface area contributed by atoms with Gasteiger partial charge in [-0.3, -0.25) is 14.7 Å². The van der Waals surface area contributed by atoms with Crippen molar-refractivity contribution in [3.05, 3.63) is 35.9 Å². The van der Waals surface area contributed by atoms with Gasteiger partial charge in [0.05, 0.1) is 12.0 Å². The van der Waals surface area contributed by atoms with Crippen LogP contribution in [0.4, 0.5) is 0 Å². The van der Waals surface area contributed by atoms with E-state index in [2.05, 4.69) is 57.7 Å². The molecule has 0 spiro atoms. The molecule has 180 valence electrons. The summed E-state index contributed by atoms with van der Waals surface area (Å²) in [5.41, 5.74) is 0.903. The van der Waals surface area contributed by atoms with Crippen molar-refractivity contribution in [3.8, 4) is 0 Å². The number of guanidine groups is 1. The highest BCUT2D eigenvalue weighted by molar-refractivity contribution is 14.0. The van der Waals surface area contributed by atoms with E-state index in [1.54, 1.807) is 0 Å². The first-order valence-electron chi connectivity index (χ1n) is 12.0. The molecule has 2 unspecified atom stereocenters. The van der Waals surface area contributed by atoms with E-state index < -0.39 is 5.41 Å². The minimum Gasteiger partial charge on any atom is -0.357 e. The molecule has 1 aromatic carbocycles. The van der Waals surface area contributed by atoms with Crippen LogP contribution in [0.2, 0.25) is 0 Å². The fourth-order valence-corrected chi connectivity index (χ4v) is 4.88. The maximum Gasteiger partial charge on any atom is 0.227 e. The van der Waals surface area contributed by atoms with Crippen LogP contribution in [0.1, 0.15) is 52.5 Å². The van der Waals surface area contributed by atoms with Gasteiger partial charge in [0.15, 0.2) is 5.96 Å². The van der Waals surface area contributed by atoms with Crippen LogP contribution in [0.5, 0.6) is 0 Å². The Hall–Kier alpha value is -1.35. The number of nitrogens with zero attached hydrogens (tertiary/aromatic N) is 3. The second kappa shape index (κ2) is 12.8. The molecule has 2 aliphatic rings. The first-order chi connectivity index (χ1) is 14.9. The summed E-state index contributed by atoms with van der Waals surface area (Å²) in [5, 5.41) is 6.41. The van der Waals surface area contributed by atoms with E-state index >= 15 is 0 Å². The van der Waals surface area contributed by atoms with Gasteiger partial charge in [0, 0.05) is 38.8 Å². The number of fused-ring (bicyclic) bond motifs is 1. The van der Waals surface area contributed by atoms with Gasteiger partial charge in [-0.2, -0.15) is 0 Å². The maximum atomic E-state index is 12.4. The molecule has 0 saturated carbocycles. The van der Waals surface area contributed by atoms with Crippen molar-refractivity contribution in [2.24, 2.45) is 16.3 Å². The van der Waals surface area contributed by atoms with Crippen LogP contribution >= 0.6 is 24.0 Å². The number of aliphatic imine (C=N–C) groups is 1. The fourth-order valence-electron chi connectivity index (χ4n) is 4.88. The molecule has 32 heavy (non-hydrogen) atoms. The molecule has 0 aliphatic carbocycles. The third-order valence-electron chi connectivity index (χ3n) is 6.62. The molecule has 2 N–H and O–H groups in total. The van der Waals surface area contributed by atoms with Gasteiger partial charge in [-0.05, 0) is 65.0 Å². The smallest absolute Gasteiger partial charge is 0.227 e. The molecule has 2 saturated heterocycles. The Bertz CT molecular complexity index is 739. The minimum atomic E-state index is -0.508. The highest BCUT2D eigenvalue weighted by Crippen LogP contribution is 2.32. The molecule has 3 rings (SSSR count). The summed E-state index contributed by atoms with van der Waals surface area (Å²) in [6, 6.07) is 11.5. The number of nitrogens with one attached hydrogen (secondary N) is 2. The lowest BCUT2D eigenvalue weighted by atomic mass is 9.83. The summed E-state index contributed by atoms with van der Waals surface area (Å²) in [6.45, 7) is 14.3. The molecule has 2 fully saturated rings. The highest BCUT2D eigenvalue weighted by atomic mass is 127. The van der Waals surface area contributed by atoms with Crippen LogP contribution in [-0.4, -0.2) is 67.0 Å². The third kappa shape index (κ3) is 7.07. The van der Waals surface area contributed by atoms with E-state index in [0.29, 0.717) is 25.0 Å². The van der Waals surface area contributed by atoms with Gasteiger partial charge in [0.1, 0.15) is 0 Å². The molecular formula is C25H42IN5O. The Kier molecular flexibility index (Phi) is 10.7. The summed E-state index contributed by atoms with van der Waals surface area (Å²) < 4.78 is 0. The lowest BCUT2D eigenvalue weighted by Crippen LogP contribution is -2.56. The number of carbonyl (C=O) groups excluding carboxylic acids is 1. The molecular weight excluding hydrogens is 513 g/mol. The minimum absolute atomic E-state index is 0. The summed E-state index contributed by atoms with van der Waals surface area (Å²) >= 11 is 0. The average molecular weight is 556 g/mol. The third-order valence-corrected chi connectivity index (χ3v) is 6.62. The monoisotopic (exact) mass is 555 g/mol. The Morgan fingerprint density at radius 1 is 1.09 bits per heavy atom. The van der Waals surface area contributed by atoms with Crippen molar-refractivity contribution in [1.82, 2.24) is 20.4 Å². The van der Waals surface area contributed by atoms with Crippen molar-refractivity contribution in [2.75, 3.05) is 39.3 Å². The normalized spacial score (nSPS) is 22.0. The van der Waals surface area contributed by atoms with Crippen molar-refractivity contribution >= 4 is 35.8 Å². The number of hydrogen-bond donors (Lipinski definition) is 2. The van der Waals surface area contributed by atoms with E-state index in [0.717, 1.165) is 32.1 Å². The topological polar surface area (TPSA) is 60.0 Å². The van der Waals surface area contributed by atoms with Crippen LogP contribution in [0.25, 0.3) is 0 Å². The highest BCUT2D eigenvalue weighted by Gasteiger charge is 2.37. The molecule has 1 aromatic rings. The number of rotatable bonds is 7. The average Bonchev–Trinajstić information content (AvgIpc) is 2.77. The molecule has 0 aromatic heterocycles. The quantitative estimate of drug-likeness (QED) is 0.306. The predicted molar refractivity (Wildman–Crippen MR) is 143 cm³/mol. The Morgan fingerprint density at radius 3 is 2.50 bits per heavy atom. The number of carbonyl (C=O) groups is 1. The Balaban J connectivity index is 0.00000363. The van der Waals surface area contributed by atoms with E-state index in [9.17, 15) is 4.79 Å². The van der Waals surface area contributed by atoms with Crippen LogP contribution in [0, 0.1) is 11.3 Å². The van der Waals surface area contributed by atoms with Crippen molar-refractivity contribution < 1.29 is 4.79 Å². The lowest BCUT2D eigenvalue weighted by Gasteiger charge is -2.48. The zero-order valence-electron chi connectivity index (χ0n) is 20.3. The number of hydrogen-bond acceptors (Lipinski definition) is 3. The summed E-state index contributed by atoms with van der Waals surface area (Å²) in [6.07, 6.45) is 3.72. The molecule has 0 bridgehead atoms. The first-order valence-corrected chi connectivity index (χ1v) is 12.0. The Labute approximate surface area is 211 Å². The van der Waals surface area contributed by atoms with Gasteiger partial charge in [-0.25, -0.2) is 0 Å². The zero-order valence-corrected chi connectivity index (χ0v) is 22.6. The fraction of sp³-hybridized carbons (Fsp3) is 0.680. The van der Waals surface area contributed by atoms with Crippen molar-refractivity contribution in [1.29, 1.82) is 0 Å². The molecule has 6 nitrogen and oxygen atoms in total. The van der Waals surface area contributed by atoms with E-state index in [-0.39, 0.29) is 29.9 Å². The van der Waals surface area contributed by atoms with Crippen molar-refractivity contribution in [2.45, 2.75) is 59.5 Å². The zero-order chi connectivity index (χ0) is 22.3. The summed E-state index contributed by atoms with van der Waals surface area (Å²) in [4.78, 5) is 22.4. The molecule has 2 atom stereocenters. The van der Waals surface area contributed by atoms with Crippen LogP contribution in [-0.2, 0) is 11.3 Å². The molecule has 2 heterocycles. The number of likely N-dealkylation sites (tertiary alicyclic amines) is 2. The standard InChI is InChI=1S/C25H41N5O.HI/c1-5-26-23(31)25(3,4)19-28-24(27-6-2)30-16-14-22-21(18-30)13-10-15-29(22)17-20-11-8-7-9-12-20;/h7-9,11-12,21-22H,5-6,10,13-19H2,1-4H3,(H,26,31)(H,27,28);1H. The number of piperidine rings is 2. The van der Waals surface area contributed by atoms with Gasteiger partial charge < -0.3 is 15.5 Å². The summed E-state index contributed by atoms with van der Waals surface area (Å²) in [7, 11) is 0. The SMILES string of the molecule is CCNC(=O)C(C)(C)CN=C(NCC)N1CCC2C(CCCN2Cc2ccccc2)C1.I. The number of benzene rings is 1. The number of amides is 1. The van der Waals surface area contributed by atoms with Gasteiger partial charge in [0.25, 0.3) is 0 Å². The molecule has 2 aliphatic heterocycles. The van der Waals surface area contributed by atoms with E-state index in [4.69, 9.17) is 4.99 Å².